The molecule has 0 amide bonds. The highest BCUT2D eigenvalue weighted by Gasteiger charge is 2.36. The van der Waals surface area contributed by atoms with Crippen LogP contribution in [0.3, 0.4) is 0 Å². The zero-order valence-electron chi connectivity index (χ0n) is 12.1. The molecular weight excluding hydrogens is 252 g/mol. The summed E-state index contributed by atoms with van der Waals surface area (Å²) in [4.78, 5) is 0. The highest BCUT2D eigenvalue weighted by atomic mass is 15.6. The second-order valence-corrected chi connectivity index (χ2v) is 5.12. The Labute approximate surface area is 117 Å². The molecule has 0 aliphatic carbocycles. The third kappa shape index (κ3) is 1.61. The van der Waals surface area contributed by atoms with Crippen LogP contribution in [0.5, 0.6) is 0 Å². The van der Waals surface area contributed by atoms with Crippen molar-refractivity contribution in [1.29, 1.82) is 0 Å². The van der Waals surface area contributed by atoms with Gasteiger partial charge in [0, 0.05) is 42.6 Å². The van der Waals surface area contributed by atoms with Crippen molar-refractivity contribution >= 4 is 0 Å². The van der Waals surface area contributed by atoms with Crippen molar-refractivity contribution in [3.05, 3.63) is 53.9 Å². The van der Waals surface area contributed by atoms with E-state index in [9.17, 15) is 0 Å². The van der Waals surface area contributed by atoms with E-state index >= 15 is 0 Å². The monoisotopic (exact) mass is 270 g/mol. The van der Waals surface area contributed by atoms with Crippen molar-refractivity contribution in [3.8, 4) is 0 Å². The van der Waals surface area contributed by atoms with Crippen LogP contribution in [-0.4, -0.2) is 29.3 Å². The molecule has 0 N–H and O–H groups in total. The summed E-state index contributed by atoms with van der Waals surface area (Å²) in [6.07, 6.45) is 5.39. The molecule has 0 unspecified atom stereocenters. The zero-order chi connectivity index (χ0) is 14.3. The van der Waals surface area contributed by atoms with Crippen molar-refractivity contribution in [1.82, 2.24) is 29.3 Å². The number of rotatable bonds is 3. The molecule has 3 aromatic heterocycles. The van der Waals surface area contributed by atoms with Crippen molar-refractivity contribution in [2.75, 3.05) is 0 Å². The summed E-state index contributed by atoms with van der Waals surface area (Å²) in [6, 6.07) is 5.95. The van der Waals surface area contributed by atoms with Crippen molar-refractivity contribution in [3.63, 3.8) is 0 Å². The predicted octanol–water partition coefficient (Wildman–Crippen LogP) is 1.93. The van der Waals surface area contributed by atoms with Gasteiger partial charge < -0.3 is 0 Å². The van der Waals surface area contributed by atoms with Crippen LogP contribution < -0.4 is 0 Å². The lowest BCUT2D eigenvalue weighted by Gasteiger charge is -2.34. The summed E-state index contributed by atoms with van der Waals surface area (Å²) in [5, 5.41) is 13.4. The van der Waals surface area contributed by atoms with Crippen LogP contribution in [-0.2, 0) is 5.79 Å². The Hall–Kier alpha value is -2.37. The van der Waals surface area contributed by atoms with Crippen LogP contribution in [0, 0.1) is 20.8 Å². The Kier molecular flexibility index (Phi) is 2.74. The molecule has 0 saturated carbocycles. The molecule has 3 heterocycles. The lowest BCUT2D eigenvalue weighted by Crippen LogP contribution is -2.48. The lowest BCUT2D eigenvalue weighted by molar-refractivity contribution is 0.132. The maximum absolute atomic E-state index is 4.48. The molecule has 0 saturated heterocycles. The summed E-state index contributed by atoms with van der Waals surface area (Å²) >= 11 is 0. The highest BCUT2D eigenvalue weighted by molar-refractivity contribution is 5.10. The number of hydrogen-bond acceptors (Lipinski definition) is 3. The molecule has 0 fully saturated rings. The first-order valence-electron chi connectivity index (χ1n) is 6.58. The lowest BCUT2D eigenvalue weighted by atomic mass is 10.3. The summed E-state index contributed by atoms with van der Waals surface area (Å²) < 4.78 is 5.81. The topological polar surface area (TPSA) is 53.5 Å². The average Bonchev–Trinajstić information content (AvgIpc) is 3.10. The summed E-state index contributed by atoms with van der Waals surface area (Å²) in [5.41, 5.74) is 3.16. The Balaban J connectivity index is 2.32. The Morgan fingerprint density at radius 3 is 1.20 bits per heavy atom. The second kappa shape index (κ2) is 4.33. The van der Waals surface area contributed by atoms with Gasteiger partial charge in [-0.15, -0.1) is 0 Å². The standard InChI is InChI=1S/C14H18N6/c1-11-5-8-15-18(11)14(4,19-12(2)6-9-16-19)20-13(3)7-10-17-20/h5-10H,1-4H3. The normalized spacial score (nSPS) is 12.0. The minimum Gasteiger partial charge on any atom is -0.222 e. The van der Waals surface area contributed by atoms with E-state index in [0.717, 1.165) is 17.1 Å². The fraction of sp³-hybridized carbons (Fsp3) is 0.357. The van der Waals surface area contributed by atoms with E-state index in [1.807, 2.05) is 53.0 Å². The van der Waals surface area contributed by atoms with E-state index in [4.69, 9.17) is 0 Å². The van der Waals surface area contributed by atoms with Crippen LogP contribution >= 0.6 is 0 Å². The van der Waals surface area contributed by atoms with Gasteiger partial charge in [0.1, 0.15) is 0 Å². The molecule has 0 atom stereocenters. The van der Waals surface area contributed by atoms with Crippen LogP contribution in [0.25, 0.3) is 0 Å². The van der Waals surface area contributed by atoms with Crippen molar-refractivity contribution < 1.29 is 0 Å². The van der Waals surface area contributed by atoms with Gasteiger partial charge in [0.2, 0.25) is 5.79 Å². The van der Waals surface area contributed by atoms with Crippen LogP contribution in [0.15, 0.2) is 36.8 Å². The van der Waals surface area contributed by atoms with E-state index in [0.29, 0.717) is 0 Å². The van der Waals surface area contributed by atoms with Gasteiger partial charge in [-0.05, 0) is 39.0 Å². The van der Waals surface area contributed by atoms with Gasteiger partial charge in [0.15, 0.2) is 0 Å². The first-order valence-corrected chi connectivity index (χ1v) is 6.58. The summed E-state index contributed by atoms with van der Waals surface area (Å²) in [5.74, 6) is -0.644. The molecule has 0 aliphatic heterocycles. The van der Waals surface area contributed by atoms with E-state index in [2.05, 4.69) is 22.2 Å². The Morgan fingerprint density at radius 1 is 0.700 bits per heavy atom. The van der Waals surface area contributed by atoms with Crippen molar-refractivity contribution in [2.24, 2.45) is 0 Å². The molecule has 20 heavy (non-hydrogen) atoms. The van der Waals surface area contributed by atoms with Gasteiger partial charge in [-0.3, -0.25) is 0 Å². The smallest absolute Gasteiger partial charge is 0.222 e. The fourth-order valence-electron chi connectivity index (χ4n) is 2.71. The second-order valence-electron chi connectivity index (χ2n) is 5.12. The Bertz CT molecular complexity index is 634. The fourth-order valence-corrected chi connectivity index (χ4v) is 2.71. The molecule has 0 aromatic carbocycles. The zero-order valence-corrected chi connectivity index (χ0v) is 12.1. The molecule has 6 heteroatoms. The molecular formula is C14H18N6. The molecule has 3 aromatic rings. The number of nitrogens with zero attached hydrogens (tertiary/aromatic N) is 6. The maximum Gasteiger partial charge on any atom is 0.246 e. The van der Waals surface area contributed by atoms with E-state index < -0.39 is 5.79 Å². The average molecular weight is 270 g/mol. The van der Waals surface area contributed by atoms with Crippen LogP contribution in [0.2, 0.25) is 0 Å². The van der Waals surface area contributed by atoms with Crippen molar-refractivity contribution in [2.45, 2.75) is 33.5 Å². The summed E-state index contributed by atoms with van der Waals surface area (Å²) in [6.45, 7) is 8.15. The number of aromatic nitrogens is 6. The van der Waals surface area contributed by atoms with Gasteiger partial charge in [-0.1, -0.05) is 0 Å². The van der Waals surface area contributed by atoms with Crippen LogP contribution in [0.1, 0.15) is 24.0 Å². The minimum absolute atomic E-state index is 0.644. The van der Waals surface area contributed by atoms with E-state index in [-0.39, 0.29) is 0 Å². The van der Waals surface area contributed by atoms with E-state index in [1.54, 1.807) is 18.6 Å². The molecule has 3 rings (SSSR count). The van der Waals surface area contributed by atoms with Gasteiger partial charge >= 0.3 is 0 Å². The molecule has 6 nitrogen and oxygen atoms in total. The SMILES string of the molecule is Cc1ccnn1C(C)(n1nccc1C)n1nccc1C. The number of hydrogen-bond donors (Lipinski definition) is 0. The van der Waals surface area contributed by atoms with Gasteiger partial charge in [-0.25, -0.2) is 14.0 Å². The maximum atomic E-state index is 4.48. The first kappa shape index (κ1) is 12.7. The molecule has 0 spiro atoms. The predicted molar refractivity (Wildman–Crippen MR) is 75.3 cm³/mol. The largest absolute Gasteiger partial charge is 0.246 e. The van der Waals surface area contributed by atoms with Gasteiger partial charge in [0.05, 0.1) is 0 Å². The third-order valence-electron chi connectivity index (χ3n) is 3.70. The molecule has 0 radical (unpaired) electrons. The molecule has 104 valence electrons. The van der Waals surface area contributed by atoms with E-state index in [1.165, 1.54) is 0 Å². The van der Waals surface area contributed by atoms with Gasteiger partial charge in [0.25, 0.3) is 0 Å². The summed E-state index contributed by atoms with van der Waals surface area (Å²) in [7, 11) is 0. The Morgan fingerprint density at radius 2 is 1.00 bits per heavy atom. The molecule has 0 bridgehead atoms. The van der Waals surface area contributed by atoms with Gasteiger partial charge in [-0.2, -0.15) is 15.3 Å². The quantitative estimate of drug-likeness (QED) is 0.730. The molecule has 0 aliphatic rings. The third-order valence-corrected chi connectivity index (χ3v) is 3.70. The minimum atomic E-state index is -0.644. The van der Waals surface area contributed by atoms with Crippen LogP contribution in [0.4, 0.5) is 0 Å². The highest BCUT2D eigenvalue weighted by Crippen LogP contribution is 2.24. The number of aryl methyl sites for hydroxylation is 3. The first-order chi connectivity index (χ1) is 9.55.